The van der Waals surface area contributed by atoms with Crippen LogP contribution in [0.1, 0.15) is 127 Å². The van der Waals surface area contributed by atoms with Crippen molar-refractivity contribution in [3.05, 3.63) is 0 Å². The first kappa shape index (κ1) is 31.8. The number of aliphatic carboxylic acids is 1. The third-order valence-corrected chi connectivity index (χ3v) is 7.56. The van der Waals surface area contributed by atoms with Gasteiger partial charge in [-0.05, 0) is 59.8 Å². The maximum atomic E-state index is 13.9. The molecule has 1 saturated carbocycles. The normalized spacial score (nSPS) is 17.9. The van der Waals surface area contributed by atoms with Crippen molar-refractivity contribution in [2.45, 2.75) is 150 Å². The summed E-state index contributed by atoms with van der Waals surface area (Å²) in [6, 6.07) is 0. The lowest BCUT2D eigenvalue weighted by atomic mass is 9.70. The van der Waals surface area contributed by atoms with Crippen molar-refractivity contribution in [2.24, 2.45) is 16.7 Å². The zero-order chi connectivity index (χ0) is 27.2. The Labute approximate surface area is 213 Å². The van der Waals surface area contributed by atoms with E-state index in [1.807, 2.05) is 69.2 Å². The Morgan fingerprint density at radius 2 is 1.43 bits per heavy atom. The van der Waals surface area contributed by atoms with Crippen molar-refractivity contribution in [3.8, 4) is 0 Å². The third-order valence-electron chi connectivity index (χ3n) is 7.56. The molecule has 0 aromatic heterocycles. The standard InChI is InChI=1S/C29H52O6/c1-26(2,3)23(30)17-13-16-21(19-24(31)32)34-29(9,10)28(7,8)25(33)22(35-27(4,5)6)18-20-14-11-12-15-20/h20-22H,11-19H2,1-10H3,(H,31,32). The van der Waals surface area contributed by atoms with Crippen molar-refractivity contribution in [1.29, 1.82) is 0 Å². The number of carboxylic acid groups (broad SMARTS) is 1. The first-order valence-electron chi connectivity index (χ1n) is 13.4. The number of carbonyl (C=O) groups is 3. The van der Waals surface area contributed by atoms with Crippen LogP contribution in [0.15, 0.2) is 0 Å². The van der Waals surface area contributed by atoms with Crippen LogP contribution in [-0.4, -0.2) is 46.1 Å². The highest BCUT2D eigenvalue weighted by Gasteiger charge is 2.49. The van der Waals surface area contributed by atoms with Gasteiger partial charge in [-0.25, -0.2) is 0 Å². The second-order valence-electron chi connectivity index (χ2n) is 13.5. The lowest BCUT2D eigenvalue weighted by molar-refractivity contribution is -0.180. The van der Waals surface area contributed by atoms with Crippen LogP contribution >= 0.6 is 0 Å². The van der Waals surface area contributed by atoms with E-state index in [0.29, 0.717) is 31.6 Å². The van der Waals surface area contributed by atoms with E-state index in [1.54, 1.807) is 0 Å². The molecule has 204 valence electrons. The Morgan fingerprint density at radius 1 is 0.886 bits per heavy atom. The average Bonchev–Trinajstić information content (AvgIpc) is 3.17. The molecule has 6 heteroatoms. The topological polar surface area (TPSA) is 89.9 Å². The van der Waals surface area contributed by atoms with E-state index >= 15 is 0 Å². The quantitative estimate of drug-likeness (QED) is 0.285. The molecule has 6 nitrogen and oxygen atoms in total. The van der Waals surface area contributed by atoms with E-state index < -0.39 is 40.2 Å². The molecule has 1 fully saturated rings. The van der Waals surface area contributed by atoms with Gasteiger partial charge in [0.1, 0.15) is 11.9 Å². The van der Waals surface area contributed by atoms with Crippen molar-refractivity contribution in [2.75, 3.05) is 0 Å². The van der Waals surface area contributed by atoms with Crippen LogP contribution in [0.2, 0.25) is 0 Å². The van der Waals surface area contributed by atoms with E-state index in [9.17, 15) is 19.5 Å². The summed E-state index contributed by atoms with van der Waals surface area (Å²) in [5, 5.41) is 9.47. The molecule has 2 unspecified atom stereocenters. The van der Waals surface area contributed by atoms with Crippen LogP contribution in [0.3, 0.4) is 0 Å². The number of carbonyl (C=O) groups excluding carboxylic acids is 2. The molecule has 1 aliphatic carbocycles. The summed E-state index contributed by atoms with van der Waals surface area (Å²) in [5.74, 6) is -0.310. The smallest absolute Gasteiger partial charge is 0.305 e. The molecule has 0 spiro atoms. The molecule has 2 atom stereocenters. The molecule has 35 heavy (non-hydrogen) atoms. The molecular weight excluding hydrogens is 444 g/mol. The van der Waals surface area contributed by atoms with Crippen molar-refractivity contribution < 1.29 is 29.0 Å². The van der Waals surface area contributed by atoms with Crippen molar-refractivity contribution in [3.63, 3.8) is 0 Å². The number of rotatable bonds is 14. The molecule has 0 radical (unpaired) electrons. The van der Waals surface area contributed by atoms with Gasteiger partial charge in [-0.2, -0.15) is 0 Å². The fraction of sp³-hybridized carbons (Fsp3) is 0.897. The fourth-order valence-corrected chi connectivity index (χ4v) is 4.71. The number of hydrogen-bond acceptors (Lipinski definition) is 5. The number of ether oxygens (including phenoxy) is 2. The molecule has 0 bridgehead atoms. The Bertz CT molecular complexity index is 716. The van der Waals surface area contributed by atoms with Crippen LogP contribution in [0.25, 0.3) is 0 Å². The largest absolute Gasteiger partial charge is 0.481 e. The van der Waals surface area contributed by atoms with Gasteiger partial charge in [-0.3, -0.25) is 14.4 Å². The highest BCUT2D eigenvalue weighted by atomic mass is 16.5. The van der Waals surface area contributed by atoms with E-state index in [-0.39, 0.29) is 18.0 Å². The predicted molar refractivity (Wildman–Crippen MR) is 140 cm³/mol. The van der Waals surface area contributed by atoms with Crippen molar-refractivity contribution >= 4 is 17.5 Å². The summed E-state index contributed by atoms with van der Waals surface area (Å²) in [7, 11) is 0. The summed E-state index contributed by atoms with van der Waals surface area (Å²) < 4.78 is 12.7. The molecular formula is C29H52O6. The monoisotopic (exact) mass is 496 g/mol. The average molecular weight is 497 g/mol. The molecule has 0 aliphatic heterocycles. The van der Waals surface area contributed by atoms with Gasteiger partial charge in [-0.15, -0.1) is 0 Å². The molecule has 0 aromatic carbocycles. The van der Waals surface area contributed by atoms with Gasteiger partial charge in [-0.1, -0.05) is 60.3 Å². The number of ketones is 2. The molecule has 0 saturated heterocycles. The molecule has 0 aromatic rings. The molecule has 1 rings (SSSR count). The molecule has 1 N–H and O–H groups in total. The Morgan fingerprint density at radius 3 is 1.89 bits per heavy atom. The lowest BCUT2D eigenvalue weighted by Gasteiger charge is -2.44. The Balaban J connectivity index is 3.02. The highest BCUT2D eigenvalue weighted by molar-refractivity contribution is 5.89. The van der Waals surface area contributed by atoms with E-state index in [0.717, 1.165) is 12.8 Å². The van der Waals surface area contributed by atoms with E-state index in [4.69, 9.17) is 9.47 Å². The van der Waals surface area contributed by atoms with Gasteiger partial charge in [0, 0.05) is 11.8 Å². The first-order valence-corrected chi connectivity index (χ1v) is 13.4. The minimum atomic E-state index is -0.952. The van der Waals surface area contributed by atoms with Gasteiger partial charge < -0.3 is 14.6 Å². The highest BCUT2D eigenvalue weighted by Crippen LogP contribution is 2.41. The number of hydrogen-bond donors (Lipinski definition) is 1. The number of carboxylic acids is 1. The zero-order valence-electron chi connectivity index (χ0n) is 24.1. The summed E-state index contributed by atoms with van der Waals surface area (Å²) in [6.45, 7) is 19.1. The molecule has 0 amide bonds. The third kappa shape index (κ3) is 10.3. The Hall–Kier alpha value is -1.27. The summed E-state index contributed by atoms with van der Waals surface area (Å²) in [5.41, 5.74) is -2.70. The number of Topliss-reactive ketones (excluding diaryl/α,β-unsaturated/α-hetero) is 2. The van der Waals surface area contributed by atoms with Gasteiger partial charge in [0.25, 0.3) is 0 Å². The predicted octanol–water partition coefficient (Wildman–Crippen LogP) is 6.77. The Kier molecular flexibility index (Phi) is 11.2. The maximum absolute atomic E-state index is 13.9. The SMILES string of the molecule is CC(C)(C)OC(CC1CCCC1)C(=O)C(C)(C)C(C)(C)OC(CCCC(=O)C(C)(C)C)CC(=O)O. The zero-order valence-corrected chi connectivity index (χ0v) is 24.1. The first-order chi connectivity index (χ1) is 15.8. The summed E-state index contributed by atoms with van der Waals surface area (Å²) >= 11 is 0. The second-order valence-corrected chi connectivity index (χ2v) is 13.5. The van der Waals surface area contributed by atoms with Crippen LogP contribution in [0.5, 0.6) is 0 Å². The molecule has 0 heterocycles. The van der Waals surface area contributed by atoms with Gasteiger partial charge >= 0.3 is 5.97 Å². The fourth-order valence-electron chi connectivity index (χ4n) is 4.71. The minimum absolute atomic E-state index is 0.00121. The van der Waals surface area contributed by atoms with E-state index in [2.05, 4.69) is 0 Å². The minimum Gasteiger partial charge on any atom is -0.481 e. The lowest BCUT2D eigenvalue weighted by Crippen LogP contribution is -2.53. The molecule has 1 aliphatic rings. The van der Waals surface area contributed by atoms with Gasteiger partial charge in [0.2, 0.25) is 0 Å². The van der Waals surface area contributed by atoms with Crippen LogP contribution < -0.4 is 0 Å². The summed E-state index contributed by atoms with van der Waals surface area (Å²) in [4.78, 5) is 37.8. The van der Waals surface area contributed by atoms with Crippen LogP contribution in [0.4, 0.5) is 0 Å². The van der Waals surface area contributed by atoms with Crippen LogP contribution in [-0.2, 0) is 23.9 Å². The van der Waals surface area contributed by atoms with Crippen LogP contribution in [0, 0.1) is 16.7 Å². The van der Waals surface area contributed by atoms with Crippen molar-refractivity contribution in [1.82, 2.24) is 0 Å². The van der Waals surface area contributed by atoms with Gasteiger partial charge in [0.05, 0.1) is 29.1 Å². The summed E-state index contributed by atoms with van der Waals surface area (Å²) in [6.07, 6.45) is 5.48. The van der Waals surface area contributed by atoms with E-state index in [1.165, 1.54) is 12.8 Å². The maximum Gasteiger partial charge on any atom is 0.305 e. The second kappa shape index (κ2) is 12.3. The van der Waals surface area contributed by atoms with Gasteiger partial charge in [0.15, 0.2) is 5.78 Å².